The number of sulfone groups is 1. The van der Waals surface area contributed by atoms with Gasteiger partial charge < -0.3 is 10.2 Å². The van der Waals surface area contributed by atoms with Gasteiger partial charge in [-0.3, -0.25) is 4.90 Å². The minimum atomic E-state index is -3.87. The first-order valence-electron chi connectivity index (χ1n) is 7.54. The lowest BCUT2D eigenvalue weighted by atomic mass is 10.3. The van der Waals surface area contributed by atoms with Crippen LogP contribution in [-0.2, 0) is 36.0 Å². The average molecular weight is 441 g/mol. The molecule has 13 heteroatoms. The van der Waals surface area contributed by atoms with E-state index in [1.807, 2.05) is 11.8 Å². The smallest absolute Gasteiger partial charge is 0.328 e. The van der Waals surface area contributed by atoms with Crippen molar-refractivity contribution in [3.8, 4) is 0 Å². The predicted octanol–water partition coefficient (Wildman–Crippen LogP) is 0.105. The van der Waals surface area contributed by atoms with E-state index in [0.29, 0.717) is 37.3 Å². The number of hydrogen-bond acceptors (Lipinski definition) is 8. The Labute approximate surface area is 160 Å². The van der Waals surface area contributed by atoms with E-state index in [1.165, 1.54) is 6.07 Å². The molecule has 0 saturated heterocycles. The standard InChI is InChI=1S/C10H16N2O4S3.C4H4O4/c1-3-12-5-7(2)18(13,14)10-8(6-12)4-9(17-10)19(11,15)16;5-3(6)1-2-4(7)8/h4,7H,3,5-6H2,1-2H3,(H2,11,15,16);1-2H,(H,5,6)(H,7,8)/b;2-1-/t7-;/m1./s1. The third-order valence-corrected chi connectivity index (χ3v) is 8.87. The van der Waals surface area contributed by atoms with Crippen LogP contribution in [0.3, 0.4) is 0 Å². The molecule has 1 aliphatic heterocycles. The number of fused-ring (bicyclic) bond motifs is 1. The highest BCUT2D eigenvalue weighted by atomic mass is 32.3. The summed E-state index contributed by atoms with van der Waals surface area (Å²) in [4.78, 5) is 21.1. The zero-order valence-corrected chi connectivity index (χ0v) is 17.0. The van der Waals surface area contributed by atoms with Gasteiger partial charge in [0.05, 0.1) is 5.25 Å². The molecule has 0 radical (unpaired) electrons. The van der Waals surface area contributed by atoms with Gasteiger partial charge in [0.25, 0.3) is 0 Å². The van der Waals surface area contributed by atoms with Gasteiger partial charge in [-0.15, -0.1) is 11.3 Å². The maximum Gasteiger partial charge on any atom is 0.328 e. The van der Waals surface area contributed by atoms with Gasteiger partial charge in [0.15, 0.2) is 9.84 Å². The largest absolute Gasteiger partial charge is 0.478 e. The second-order valence-electron chi connectivity index (χ2n) is 5.62. The third kappa shape index (κ3) is 6.39. The van der Waals surface area contributed by atoms with Crippen LogP contribution in [0.2, 0.25) is 0 Å². The molecular formula is C14H20N2O8S3. The maximum absolute atomic E-state index is 12.4. The molecule has 1 aliphatic rings. The number of hydrogen-bond donors (Lipinski definition) is 3. The van der Waals surface area contributed by atoms with E-state index in [0.717, 1.165) is 11.3 Å². The van der Waals surface area contributed by atoms with Crippen LogP contribution in [0.15, 0.2) is 26.6 Å². The average Bonchev–Trinajstić information content (AvgIpc) is 2.94. The molecule has 0 bridgehead atoms. The summed E-state index contributed by atoms with van der Waals surface area (Å²) in [5, 5.41) is 20.1. The summed E-state index contributed by atoms with van der Waals surface area (Å²) in [5.74, 6) is -2.51. The highest BCUT2D eigenvalue weighted by Crippen LogP contribution is 2.35. The van der Waals surface area contributed by atoms with Crippen LogP contribution in [0.25, 0.3) is 0 Å². The molecule has 0 aliphatic carbocycles. The number of thiophene rings is 1. The van der Waals surface area contributed by atoms with Gasteiger partial charge in [0.1, 0.15) is 8.42 Å². The number of nitrogens with zero attached hydrogens (tertiary/aromatic N) is 1. The number of carboxylic acid groups (broad SMARTS) is 2. The van der Waals surface area contributed by atoms with Crippen molar-refractivity contribution in [2.45, 2.75) is 34.1 Å². The number of rotatable bonds is 4. The summed E-state index contributed by atoms with van der Waals surface area (Å²) in [6, 6.07) is 1.38. The van der Waals surface area contributed by atoms with Gasteiger partial charge in [-0.2, -0.15) is 0 Å². The Kier molecular flexibility index (Phi) is 7.68. The van der Waals surface area contributed by atoms with Gasteiger partial charge in [0, 0.05) is 25.2 Å². The molecule has 152 valence electrons. The fraction of sp³-hybridized carbons (Fsp3) is 0.429. The van der Waals surface area contributed by atoms with Gasteiger partial charge in [-0.05, 0) is 25.1 Å². The molecule has 27 heavy (non-hydrogen) atoms. The molecule has 0 spiro atoms. The second-order valence-corrected chi connectivity index (χ2v) is 11.0. The van der Waals surface area contributed by atoms with Crippen molar-refractivity contribution >= 4 is 43.1 Å². The van der Waals surface area contributed by atoms with Gasteiger partial charge in [-0.1, -0.05) is 6.92 Å². The first-order valence-corrected chi connectivity index (χ1v) is 11.5. The Morgan fingerprint density at radius 1 is 1.33 bits per heavy atom. The van der Waals surface area contributed by atoms with Crippen LogP contribution in [-0.4, -0.2) is 62.2 Å². The number of primary sulfonamides is 1. The lowest BCUT2D eigenvalue weighted by molar-refractivity contribution is -0.134. The summed E-state index contributed by atoms with van der Waals surface area (Å²) in [6.07, 6.45) is 1.12. The van der Waals surface area contributed by atoms with Crippen LogP contribution in [0.1, 0.15) is 19.4 Å². The van der Waals surface area contributed by atoms with Crippen molar-refractivity contribution in [1.82, 2.24) is 4.90 Å². The van der Waals surface area contributed by atoms with E-state index < -0.39 is 37.0 Å². The van der Waals surface area contributed by atoms with Crippen LogP contribution in [0.5, 0.6) is 0 Å². The fourth-order valence-electron chi connectivity index (χ4n) is 2.21. The van der Waals surface area contributed by atoms with E-state index in [9.17, 15) is 26.4 Å². The Morgan fingerprint density at radius 3 is 2.26 bits per heavy atom. The fourth-order valence-corrected chi connectivity index (χ4v) is 6.52. The van der Waals surface area contributed by atoms with E-state index in [2.05, 4.69) is 0 Å². The first-order chi connectivity index (χ1) is 12.3. The number of aliphatic carboxylic acids is 2. The van der Waals surface area contributed by atoms with Crippen molar-refractivity contribution in [2.75, 3.05) is 13.1 Å². The Bertz CT molecular complexity index is 931. The maximum atomic E-state index is 12.4. The summed E-state index contributed by atoms with van der Waals surface area (Å²) < 4.78 is 47.5. The zero-order chi connectivity index (χ0) is 21.0. The summed E-state index contributed by atoms with van der Waals surface area (Å²) in [6.45, 7) is 5.17. The molecule has 1 aromatic rings. The zero-order valence-electron chi connectivity index (χ0n) is 14.5. The minimum absolute atomic E-state index is 0.0915. The van der Waals surface area contributed by atoms with Gasteiger partial charge in [-0.25, -0.2) is 31.6 Å². The Hall–Kier alpha value is -1.80. The highest BCUT2D eigenvalue weighted by Gasteiger charge is 2.34. The quantitative estimate of drug-likeness (QED) is 0.549. The Balaban J connectivity index is 0.000000387. The van der Waals surface area contributed by atoms with Crippen molar-refractivity contribution in [3.63, 3.8) is 0 Å². The molecule has 0 saturated carbocycles. The summed E-state index contributed by atoms with van der Waals surface area (Å²) in [7, 11) is -7.35. The van der Waals surface area contributed by atoms with Crippen molar-refractivity contribution in [2.24, 2.45) is 5.14 Å². The van der Waals surface area contributed by atoms with Crippen molar-refractivity contribution in [3.05, 3.63) is 23.8 Å². The van der Waals surface area contributed by atoms with Gasteiger partial charge in [0.2, 0.25) is 10.0 Å². The molecule has 0 aromatic carbocycles. The normalized spacial score (nSPS) is 19.6. The van der Waals surface area contributed by atoms with Crippen LogP contribution >= 0.6 is 11.3 Å². The topological polar surface area (TPSA) is 172 Å². The molecular weight excluding hydrogens is 420 g/mol. The lowest BCUT2D eigenvalue weighted by Gasteiger charge is -2.19. The summed E-state index contributed by atoms with van der Waals surface area (Å²) >= 11 is 0.751. The molecule has 4 N–H and O–H groups in total. The number of carbonyl (C=O) groups is 2. The predicted molar refractivity (Wildman–Crippen MR) is 97.7 cm³/mol. The lowest BCUT2D eigenvalue weighted by Crippen LogP contribution is -2.31. The number of carboxylic acids is 2. The Morgan fingerprint density at radius 2 is 1.85 bits per heavy atom. The monoisotopic (exact) mass is 440 g/mol. The summed E-state index contributed by atoms with van der Waals surface area (Å²) in [5.41, 5.74) is 0.528. The van der Waals surface area contributed by atoms with Crippen molar-refractivity contribution in [1.29, 1.82) is 0 Å². The molecule has 1 atom stereocenters. The number of nitrogens with two attached hydrogens (primary N) is 1. The van der Waals surface area contributed by atoms with E-state index in [1.54, 1.807) is 6.92 Å². The first kappa shape index (κ1) is 23.2. The SMILES string of the molecule is CCN1Cc2cc(S(N)(=O)=O)sc2S(=O)(=O)[C@H](C)C1.O=C(O)/C=C\C(=O)O. The molecule has 0 fully saturated rings. The molecule has 10 nitrogen and oxygen atoms in total. The second kappa shape index (κ2) is 8.93. The minimum Gasteiger partial charge on any atom is -0.478 e. The van der Waals surface area contributed by atoms with E-state index >= 15 is 0 Å². The third-order valence-electron chi connectivity index (χ3n) is 3.54. The van der Waals surface area contributed by atoms with Crippen LogP contribution < -0.4 is 5.14 Å². The molecule has 1 aromatic heterocycles. The van der Waals surface area contributed by atoms with Gasteiger partial charge >= 0.3 is 11.9 Å². The van der Waals surface area contributed by atoms with E-state index in [4.69, 9.17) is 15.4 Å². The molecule has 2 rings (SSSR count). The highest BCUT2D eigenvalue weighted by molar-refractivity contribution is 7.95. The molecule has 0 unspecified atom stereocenters. The van der Waals surface area contributed by atoms with E-state index in [-0.39, 0.29) is 8.42 Å². The van der Waals surface area contributed by atoms with Crippen LogP contribution in [0.4, 0.5) is 0 Å². The van der Waals surface area contributed by atoms with Crippen LogP contribution in [0, 0.1) is 0 Å². The number of sulfonamides is 1. The molecule has 0 amide bonds. The molecule has 2 heterocycles. The van der Waals surface area contributed by atoms with Crippen molar-refractivity contribution < 1.29 is 36.6 Å².